The number of aromatic nitrogens is 1. The zero-order valence-electron chi connectivity index (χ0n) is 13.2. The van der Waals surface area contributed by atoms with Crippen LogP contribution in [0.1, 0.15) is 36.4 Å². The highest BCUT2D eigenvalue weighted by Gasteiger charge is 2.44. The Kier molecular flexibility index (Phi) is 4.02. The van der Waals surface area contributed by atoms with Crippen molar-refractivity contribution >= 4 is 5.91 Å². The molecule has 1 aromatic carbocycles. The summed E-state index contributed by atoms with van der Waals surface area (Å²) in [6, 6.07) is 9.62. The van der Waals surface area contributed by atoms with E-state index in [-0.39, 0.29) is 35.9 Å². The maximum atomic E-state index is 13.2. The van der Waals surface area contributed by atoms with Gasteiger partial charge in [0, 0.05) is 12.4 Å². The van der Waals surface area contributed by atoms with Gasteiger partial charge >= 0.3 is 0 Å². The summed E-state index contributed by atoms with van der Waals surface area (Å²) in [6.07, 6.45) is 6.49. The van der Waals surface area contributed by atoms with E-state index in [9.17, 15) is 9.18 Å². The van der Waals surface area contributed by atoms with Gasteiger partial charge in [0.1, 0.15) is 5.82 Å². The molecule has 2 saturated heterocycles. The number of pyridine rings is 1. The van der Waals surface area contributed by atoms with E-state index in [1.54, 1.807) is 24.5 Å². The molecule has 0 saturated carbocycles. The van der Waals surface area contributed by atoms with Gasteiger partial charge in [-0.3, -0.25) is 9.78 Å². The summed E-state index contributed by atoms with van der Waals surface area (Å²) in [5.74, 6) is -0.389. The first-order valence-electron chi connectivity index (χ1n) is 8.32. The Morgan fingerprint density at radius 3 is 2.67 bits per heavy atom. The lowest BCUT2D eigenvalue weighted by Crippen LogP contribution is -2.38. The molecule has 2 aliphatic rings. The Balaban J connectivity index is 1.58. The number of hydrogen-bond acceptors (Lipinski definition) is 3. The molecule has 3 heterocycles. The van der Waals surface area contributed by atoms with Crippen molar-refractivity contribution in [3.05, 3.63) is 65.7 Å². The van der Waals surface area contributed by atoms with Gasteiger partial charge in [0.15, 0.2) is 0 Å². The van der Waals surface area contributed by atoms with Crippen LogP contribution in [0.15, 0.2) is 48.8 Å². The number of ether oxygens (including phenoxy) is 1. The molecular formula is C19H19FN2O2. The summed E-state index contributed by atoms with van der Waals surface area (Å²) in [5, 5.41) is 3.11. The van der Waals surface area contributed by atoms with E-state index < -0.39 is 0 Å². The molecule has 2 fully saturated rings. The number of rotatable bonds is 4. The third kappa shape index (κ3) is 2.91. The second kappa shape index (κ2) is 6.32. The molecule has 1 aromatic heterocycles. The largest absolute Gasteiger partial charge is 0.374 e. The molecule has 4 rings (SSSR count). The zero-order valence-corrected chi connectivity index (χ0v) is 13.2. The van der Waals surface area contributed by atoms with Crippen molar-refractivity contribution in [1.82, 2.24) is 10.3 Å². The number of nitrogens with one attached hydrogen (secondary N) is 1. The maximum Gasteiger partial charge on any atom is 0.226 e. The minimum absolute atomic E-state index is 0.000350. The number of fused-ring (bicyclic) bond motifs is 2. The first kappa shape index (κ1) is 15.3. The van der Waals surface area contributed by atoms with E-state index in [0.717, 1.165) is 30.4 Å². The van der Waals surface area contributed by atoms with E-state index in [1.165, 1.54) is 12.1 Å². The molecule has 0 radical (unpaired) electrons. The molecule has 1 N–H and O–H groups in total. The van der Waals surface area contributed by atoms with Crippen molar-refractivity contribution in [3.8, 4) is 0 Å². The molecule has 0 aliphatic carbocycles. The molecule has 4 unspecified atom stereocenters. The number of carbonyl (C=O) groups excluding carboxylic acids is 1. The van der Waals surface area contributed by atoms with Crippen LogP contribution in [0.3, 0.4) is 0 Å². The van der Waals surface area contributed by atoms with Gasteiger partial charge < -0.3 is 10.1 Å². The quantitative estimate of drug-likeness (QED) is 0.940. The van der Waals surface area contributed by atoms with Crippen LogP contribution >= 0.6 is 0 Å². The average molecular weight is 326 g/mol. The summed E-state index contributed by atoms with van der Waals surface area (Å²) < 4.78 is 19.0. The van der Waals surface area contributed by atoms with Gasteiger partial charge in [-0.05, 0) is 48.6 Å². The lowest BCUT2D eigenvalue weighted by Gasteiger charge is -2.24. The van der Waals surface area contributed by atoms with Crippen LogP contribution in [0.2, 0.25) is 0 Å². The molecule has 124 valence electrons. The number of halogens is 1. The van der Waals surface area contributed by atoms with Crippen LogP contribution in [0.5, 0.6) is 0 Å². The van der Waals surface area contributed by atoms with Crippen molar-refractivity contribution in [1.29, 1.82) is 0 Å². The molecule has 2 aliphatic heterocycles. The van der Waals surface area contributed by atoms with E-state index in [2.05, 4.69) is 10.3 Å². The highest BCUT2D eigenvalue weighted by Crippen LogP contribution is 2.39. The maximum absolute atomic E-state index is 13.2. The Bertz CT molecular complexity index is 720. The van der Waals surface area contributed by atoms with Crippen LogP contribution in [-0.4, -0.2) is 23.1 Å². The molecule has 1 amide bonds. The van der Waals surface area contributed by atoms with Crippen molar-refractivity contribution in [2.45, 2.75) is 37.5 Å². The van der Waals surface area contributed by atoms with Crippen LogP contribution < -0.4 is 5.32 Å². The Labute approximate surface area is 140 Å². The summed E-state index contributed by atoms with van der Waals surface area (Å²) >= 11 is 0. The van der Waals surface area contributed by atoms with Crippen LogP contribution in [0.4, 0.5) is 4.39 Å². The van der Waals surface area contributed by atoms with Gasteiger partial charge in [0.25, 0.3) is 0 Å². The number of nitrogens with zero attached hydrogens (tertiary/aromatic N) is 1. The predicted molar refractivity (Wildman–Crippen MR) is 86.6 cm³/mol. The summed E-state index contributed by atoms with van der Waals surface area (Å²) in [7, 11) is 0. The molecule has 2 aromatic rings. The second-order valence-electron chi connectivity index (χ2n) is 6.50. The first-order valence-corrected chi connectivity index (χ1v) is 8.32. The van der Waals surface area contributed by atoms with Crippen molar-refractivity contribution in [3.63, 3.8) is 0 Å². The molecule has 5 heteroatoms. The second-order valence-corrected chi connectivity index (χ2v) is 6.50. The van der Waals surface area contributed by atoms with Crippen molar-refractivity contribution in [2.75, 3.05) is 0 Å². The van der Waals surface area contributed by atoms with Gasteiger partial charge in [-0.1, -0.05) is 18.2 Å². The predicted octanol–water partition coefficient (Wildman–Crippen LogP) is 2.99. The molecule has 0 spiro atoms. The van der Waals surface area contributed by atoms with Gasteiger partial charge in [0.2, 0.25) is 5.91 Å². The monoisotopic (exact) mass is 326 g/mol. The first-order chi connectivity index (χ1) is 11.7. The fourth-order valence-electron chi connectivity index (χ4n) is 3.72. The van der Waals surface area contributed by atoms with Gasteiger partial charge in [-0.15, -0.1) is 0 Å². The highest BCUT2D eigenvalue weighted by molar-refractivity contribution is 5.80. The molecule has 2 bridgehead atoms. The van der Waals surface area contributed by atoms with Crippen molar-refractivity contribution < 1.29 is 13.9 Å². The Morgan fingerprint density at radius 2 is 2.04 bits per heavy atom. The van der Waals surface area contributed by atoms with Crippen molar-refractivity contribution in [2.24, 2.45) is 5.92 Å². The third-order valence-electron chi connectivity index (χ3n) is 4.95. The SMILES string of the molecule is O=C(NC(c1ccc(F)cc1)c1cccnc1)C1CC2CCC1O2. The topological polar surface area (TPSA) is 51.2 Å². The lowest BCUT2D eigenvalue weighted by atomic mass is 9.88. The van der Waals surface area contributed by atoms with E-state index in [1.807, 2.05) is 12.1 Å². The fourth-order valence-corrected chi connectivity index (χ4v) is 3.72. The normalized spacial score (nSPS) is 26.3. The minimum Gasteiger partial charge on any atom is -0.374 e. The van der Waals surface area contributed by atoms with Gasteiger partial charge in [-0.2, -0.15) is 0 Å². The standard InChI is InChI=1S/C19H19FN2O2/c20-14-5-3-12(4-6-14)18(13-2-1-9-21-11-13)22-19(23)16-10-15-7-8-17(16)24-15/h1-6,9,11,15-18H,7-8,10H2,(H,22,23). The van der Waals surface area contributed by atoms with E-state index in [0.29, 0.717) is 0 Å². The highest BCUT2D eigenvalue weighted by atomic mass is 19.1. The number of amides is 1. The molecule has 4 nitrogen and oxygen atoms in total. The summed E-state index contributed by atoms with van der Waals surface area (Å²) in [6.45, 7) is 0. The van der Waals surface area contributed by atoms with Crippen LogP contribution in [-0.2, 0) is 9.53 Å². The third-order valence-corrected chi connectivity index (χ3v) is 4.95. The smallest absolute Gasteiger partial charge is 0.226 e. The number of hydrogen-bond donors (Lipinski definition) is 1. The zero-order chi connectivity index (χ0) is 16.5. The fraction of sp³-hybridized carbons (Fsp3) is 0.368. The minimum atomic E-state index is -0.342. The Hall–Kier alpha value is -2.27. The summed E-state index contributed by atoms with van der Waals surface area (Å²) in [5.41, 5.74) is 1.71. The van der Waals surface area contributed by atoms with E-state index in [4.69, 9.17) is 4.74 Å². The van der Waals surface area contributed by atoms with Crippen LogP contribution in [0.25, 0.3) is 0 Å². The molecular weight excluding hydrogens is 307 g/mol. The molecule has 24 heavy (non-hydrogen) atoms. The van der Waals surface area contributed by atoms with Gasteiger partial charge in [0.05, 0.1) is 24.2 Å². The molecule has 4 atom stereocenters. The Morgan fingerprint density at radius 1 is 1.21 bits per heavy atom. The van der Waals surface area contributed by atoms with Crippen LogP contribution in [0, 0.1) is 11.7 Å². The van der Waals surface area contributed by atoms with E-state index >= 15 is 0 Å². The number of carbonyl (C=O) groups is 1. The lowest BCUT2D eigenvalue weighted by molar-refractivity contribution is -0.127. The average Bonchev–Trinajstić information content (AvgIpc) is 3.24. The van der Waals surface area contributed by atoms with Gasteiger partial charge in [-0.25, -0.2) is 4.39 Å². The number of benzene rings is 1. The summed E-state index contributed by atoms with van der Waals surface area (Å²) in [4.78, 5) is 16.9.